The molecule has 26 heavy (non-hydrogen) atoms. The van der Waals surface area contributed by atoms with Crippen LogP contribution < -0.4 is 21.3 Å². The molecular weight excluding hydrogens is 336 g/mol. The van der Waals surface area contributed by atoms with Crippen LogP contribution >= 0.6 is 0 Å². The topological polar surface area (TPSA) is 112 Å². The normalized spacial score (nSPS) is 20.2. The van der Waals surface area contributed by atoms with Crippen molar-refractivity contribution in [3.05, 3.63) is 41.0 Å². The molecule has 8 nitrogen and oxygen atoms in total. The predicted octanol–water partition coefficient (Wildman–Crippen LogP) is 2.27. The summed E-state index contributed by atoms with van der Waals surface area (Å²) in [6, 6.07) is 0.875. The molecule has 2 rings (SSSR count). The van der Waals surface area contributed by atoms with Crippen LogP contribution in [0.3, 0.4) is 0 Å². The third kappa shape index (κ3) is 4.14. The Labute approximate surface area is 152 Å². The van der Waals surface area contributed by atoms with Crippen molar-refractivity contribution in [1.82, 2.24) is 21.3 Å². The second-order valence-corrected chi connectivity index (χ2v) is 6.08. The number of imide groups is 1. The van der Waals surface area contributed by atoms with Crippen molar-refractivity contribution in [2.75, 3.05) is 6.54 Å². The predicted molar refractivity (Wildman–Crippen MR) is 97.1 cm³/mol. The number of allylic oxidation sites excluding steroid dienone is 2. The number of furan rings is 1. The lowest BCUT2D eigenvalue weighted by Crippen LogP contribution is -2.40. The highest BCUT2D eigenvalue weighted by Crippen LogP contribution is 2.29. The van der Waals surface area contributed by atoms with Crippen molar-refractivity contribution in [2.24, 2.45) is 0 Å². The van der Waals surface area contributed by atoms with Gasteiger partial charge in [0.25, 0.3) is 5.91 Å². The zero-order valence-corrected chi connectivity index (χ0v) is 15.4. The van der Waals surface area contributed by atoms with E-state index in [4.69, 9.17) is 4.42 Å². The van der Waals surface area contributed by atoms with Crippen molar-refractivity contribution < 1.29 is 18.8 Å². The van der Waals surface area contributed by atoms with Gasteiger partial charge in [0.05, 0.1) is 0 Å². The van der Waals surface area contributed by atoms with Gasteiger partial charge in [-0.2, -0.15) is 0 Å². The second-order valence-electron chi connectivity index (χ2n) is 6.08. The summed E-state index contributed by atoms with van der Waals surface area (Å²) in [5.74, 6) is 0.418. The molecule has 1 unspecified atom stereocenters. The third-order valence-corrected chi connectivity index (χ3v) is 3.93. The molecule has 0 radical (unpaired) electrons. The monoisotopic (exact) mass is 360 g/mol. The number of carbonyl (C=O) groups is 3. The highest BCUT2D eigenvalue weighted by Gasteiger charge is 2.46. The van der Waals surface area contributed by atoms with Crippen LogP contribution in [0, 0.1) is 6.92 Å². The van der Waals surface area contributed by atoms with Crippen LogP contribution in [0.1, 0.15) is 44.3 Å². The zero-order chi connectivity index (χ0) is 19.3. The minimum atomic E-state index is -1.24. The molecule has 5 amide bonds. The summed E-state index contributed by atoms with van der Waals surface area (Å²) in [7, 11) is 0. The average Bonchev–Trinajstić information content (AvgIpc) is 3.06. The summed E-state index contributed by atoms with van der Waals surface area (Å²) in [5.41, 5.74) is 0.198. The van der Waals surface area contributed by atoms with Gasteiger partial charge in [0.1, 0.15) is 11.5 Å². The first-order chi connectivity index (χ1) is 12.3. The summed E-state index contributed by atoms with van der Waals surface area (Å²) in [4.78, 5) is 35.1. The smallest absolute Gasteiger partial charge is 0.322 e. The quantitative estimate of drug-likeness (QED) is 0.460. The largest absolute Gasteiger partial charge is 0.458 e. The molecule has 4 N–H and O–H groups in total. The van der Waals surface area contributed by atoms with Gasteiger partial charge in [-0.25, -0.2) is 9.59 Å². The summed E-state index contributed by atoms with van der Waals surface area (Å²) in [5, 5.41) is 10.2. The molecule has 0 bridgehead atoms. The lowest BCUT2D eigenvalue weighted by molar-refractivity contribution is -0.124. The highest BCUT2D eigenvalue weighted by molar-refractivity contribution is 6.06. The van der Waals surface area contributed by atoms with Crippen molar-refractivity contribution in [3.8, 4) is 0 Å². The minimum absolute atomic E-state index is 0.286. The van der Waals surface area contributed by atoms with Gasteiger partial charge in [-0.05, 0) is 51.0 Å². The Balaban J connectivity index is 2.21. The highest BCUT2D eigenvalue weighted by atomic mass is 16.3. The number of urea groups is 2. The number of amides is 5. The van der Waals surface area contributed by atoms with Crippen LogP contribution in [0.4, 0.5) is 9.59 Å². The molecule has 1 aromatic heterocycles. The first kappa shape index (κ1) is 19.3. The maximum atomic E-state index is 12.0. The van der Waals surface area contributed by atoms with Gasteiger partial charge < -0.3 is 20.4 Å². The van der Waals surface area contributed by atoms with Gasteiger partial charge >= 0.3 is 12.1 Å². The fourth-order valence-electron chi connectivity index (χ4n) is 2.51. The number of aryl methyl sites for hydroxylation is 1. The first-order valence-corrected chi connectivity index (χ1v) is 8.47. The molecule has 1 aliphatic heterocycles. The Morgan fingerprint density at radius 2 is 2.08 bits per heavy atom. The summed E-state index contributed by atoms with van der Waals surface area (Å²) >= 11 is 0. The van der Waals surface area contributed by atoms with E-state index < -0.39 is 17.5 Å². The van der Waals surface area contributed by atoms with E-state index in [0.29, 0.717) is 23.8 Å². The number of carbonyl (C=O) groups excluding carboxylic acids is 3. The van der Waals surface area contributed by atoms with Crippen LogP contribution in [0.5, 0.6) is 0 Å². The van der Waals surface area contributed by atoms with Gasteiger partial charge in [0.2, 0.25) is 0 Å². The van der Waals surface area contributed by atoms with Gasteiger partial charge in [-0.15, -0.1) is 0 Å². The maximum absolute atomic E-state index is 12.0. The molecule has 1 saturated heterocycles. The SMILES string of the molecule is CC/C=C(/C=C\c1oc(C2(C)NC(=O)NC2=O)cc1C)NC(=O)NCC. The summed E-state index contributed by atoms with van der Waals surface area (Å²) in [6.07, 6.45) is 6.06. The molecule has 0 aromatic carbocycles. The van der Waals surface area contributed by atoms with Crippen LogP contribution in [0.25, 0.3) is 6.08 Å². The fourth-order valence-corrected chi connectivity index (χ4v) is 2.51. The first-order valence-electron chi connectivity index (χ1n) is 8.47. The van der Waals surface area contributed by atoms with Gasteiger partial charge in [-0.3, -0.25) is 10.1 Å². The van der Waals surface area contributed by atoms with E-state index in [1.54, 1.807) is 25.1 Å². The van der Waals surface area contributed by atoms with E-state index in [2.05, 4.69) is 21.3 Å². The number of rotatable bonds is 6. The van der Waals surface area contributed by atoms with E-state index >= 15 is 0 Å². The molecule has 0 saturated carbocycles. The van der Waals surface area contributed by atoms with Gasteiger partial charge in [-0.1, -0.05) is 13.0 Å². The van der Waals surface area contributed by atoms with E-state index in [1.165, 1.54) is 0 Å². The maximum Gasteiger partial charge on any atom is 0.322 e. The Morgan fingerprint density at radius 1 is 1.35 bits per heavy atom. The van der Waals surface area contributed by atoms with Gasteiger partial charge in [0.15, 0.2) is 5.54 Å². The van der Waals surface area contributed by atoms with Gasteiger partial charge in [0, 0.05) is 12.2 Å². The fraction of sp³-hybridized carbons (Fsp3) is 0.389. The molecule has 1 atom stereocenters. The summed E-state index contributed by atoms with van der Waals surface area (Å²) < 4.78 is 5.78. The van der Waals surface area contributed by atoms with Crippen LogP contribution in [0.15, 0.2) is 28.3 Å². The summed E-state index contributed by atoms with van der Waals surface area (Å²) in [6.45, 7) is 7.75. The average molecular weight is 360 g/mol. The van der Waals surface area contributed by atoms with Crippen molar-refractivity contribution in [3.63, 3.8) is 0 Å². The minimum Gasteiger partial charge on any atom is -0.458 e. The Kier molecular flexibility index (Phi) is 5.86. The van der Waals surface area contributed by atoms with Crippen LogP contribution in [-0.4, -0.2) is 24.5 Å². The number of hydrogen-bond donors (Lipinski definition) is 4. The molecule has 0 spiro atoms. The molecule has 8 heteroatoms. The zero-order valence-electron chi connectivity index (χ0n) is 15.4. The van der Waals surface area contributed by atoms with Crippen molar-refractivity contribution in [1.29, 1.82) is 0 Å². The number of hydrogen-bond acceptors (Lipinski definition) is 4. The van der Waals surface area contributed by atoms with Crippen LogP contribution in [0.2, 0.25) is 0 Å². The molecule has 1 aliphatic rings. The molecule has 1 aromatic rings. The van der Waals surface area contributed by atoms with Crippen molar-refractivity contribution in [2.45, 2.75) is 39.7 Å². The van der Waals surface area contributed by atoms with E-state index in [-0.39, 0.29) is 6.03 Å². The molecule has 140 valence electrons. The lowest BCUT2D eigenvalue weighted by atomic mass is 9.99. The lowest BCUT2D eigenvalue weighted by Gasteiger charge is -2.16. The molecule has 1 fully saturated rings. The molecular formula is C18H24N4O4. The Hall–Kier alpha value is -3.03. The third-order valence-electron chi connectivity index (χ3n) is 3.93. The Morgan fingerprint density at radius 3 is 2.65 bits per heavy atom. The van der Waals surface area contributed by atoms with Crippen LogP contribution in [-0.2, 0) is 10.3 Å². The van der Waals surface area contributed by atoms with E-state index in [1.807, 2.05) is 26.8 Å². The number of nitrogens with one attached hydrogen (secondary N) is 4. The standard InChI is InChI=1S/C18H24N4O4/c1-5-7-12(20-16(24)19-6-2)8-9-13-11(3)10-14(26-13)18(4)15(23)21-17(25)22-18/h7-10H,5-6H2,1-4H3,(H2,19,20,24)(H2,21,22,23,25)/b9-8-,12-7-. The van der Waals surface area contributed by atoms with E-state index in [0.717, 1.165) is 12.0 Å². The Bertz CT molecular complexity index is 778. The van der Waals surface area contributed by atoms with Crippen molar-refractivity contribution >= 4 is 24.0 Å². The molecule has 2 heterocycles. The molecule has 0 aliphatic carbocycles. The second kappa shape index (κ2) is 7.90. The van der Waals surface area contributed by atoms with E-state index in [9.17, 15) is 14.4 Å².